The molecule has 3 rings (SSSR count). The van der Waals surface area contributed by atoms with Crippen LogP contribution >= 0.6 is 11.6 Å². The Kier molecular flexibility index (Phi) is 2.93. The Morgan fingerprint density at radius 3 is 3.06 bits per heavy atom. The fourth-order valence-corrected chi connectivity index (χ4v) is 2.06. The van der Waals surface area contributed by atoms with E-state index in [0.29, 0.717) is 24.7 Å². The number of halogens is 1. The van der Waals surface area contributed by atoms with E-state index in [1.54, 1.807) is 6.20 Å². The van der Waals surface area contributed by atoms with Crippen molar-refractivity contribution in [1.82, 2.24) is 24.7 Å². The van der Waals surface area contributed by atoms with E-state index in [9.17, 15) is 0 Å². The molecule has 0 saturated carbocycles. The maximum Gasteiger partial charge on any atom is 0.213 e. The molecule has 0 saturated heterocycles. The zero-order valence-electron chi connectivity index (χ0n) is 9.45. The first-order valence-corrected chi connectivity index (χ1v) is 6.03. The van der Waals surface area contributed by atoms with Gasteiger partial charge in [-0.1, -0.05) is 5.16 Å². The van der Waals surface area contributed by atoms with Gasteiger partial charge in [-0.2, -0.15) is 4.98 Å². The van der Waals surface area contributed by atoms with Crippen molar-refractivity contribution in [3.05, 3.63) is 36.4 Å². The van der Waals surface area contributed by atoms with Gasteiger partial charge in [0.2, 0.25) is 6.39 Å². The standard InChI is InChI=1S/C11H10ClN5O/c12-6-10-15-8-2-1-4-13-11(8)17(10)5-3-9-14-7-18-16-9/h1-2,4,7H,3,5-6H2. The van der Waals surface area contributed by atoms with Gasteiger partial charge in [0.15, 0.2) is 11.5 Å². The lowest BCUT2D eigenvalue weighted by atomic mass is 10.4. The summed E-state index contributed by atoms with van der Waals surface area (Å²) in [5, 5.41) is 3.78. The number of imidazole rings is 1. The van der Waals surface area contributed by atoms with Crippen LogP contribution in [0.3, 0.4) is 0 Å². The maximum absolute atomic E-state index is 5.90. The van der Waals surface area contributed by atoms with Crippen LogP contribution in [0.2, 0.25) is 0 Å². The largest absolute Gasteiger partial charge is 0.343 e. The second kappa shape index (κ2) is 4.73. The second-order valence-corrected chi connectivity index (χ2v) is 4.02. The van der Waals surface area contributed by atoms with Crippen molar-refractivity contribution in [2.75, 3.05) is 0 Å². The van der Waals surface area contributed by atoms with Crippen LogP contribution < -0.4 is 0 Å². The molecule has 18 heavy (non-hydrogen) atoms. The van der Waals surface area contributed by atoms with E-state index in [-0.39, 0.29) is 0 Å². The number of fused-ring (bicyclic) bond motifs is 1. The van der Waals surface area contributed by atoms with Gasteiger partial charge in [-0.15, -0.1) is 11.6 Å². The Morgan fingerprint density at radius 2 is 2.28 bits per heavy atom. The fraction of sp³-hybridized carbons (Fsp3) is 0.273. The smallest absolute Gasteiger partial charge is 0.213 e. The molecule has 0 atom stereocenters. The Labute approximate surface area is 108 Å². The summed E-state index contributed by atoms with van der Waals surface area (Å²) in [6.45, 7) is 0.676. The van der Waals surface area contributed by atoms with Crippen molar-refractivity contribution >= 4 is 22.8 Å². The number of aryl methyl sites for hydroxylation is 2. The lowest BCUT2D eigenvalue weighted by Crippen LogP contribution is -2.06. The maximum atomic E-state index is 5.90. The van der Waals surface area contributed by atoms with E-state index in [4.69, 9.17) is 16.1 Å². The number of hydrogen-bond donors (Lipinski definition) is 0. The number of aromatic nitrogens is 5. The lowest BCUT2D eigenvalue weighted by Gasteiger charge is -2.04. The third-order valence-corrected chi connectivity index (χ3v) is 2.91. The quantitative estimate of drug-likeness (QED) is 0.671. The number of rotatable bonds is 4. The normalized spacial score (nSPS) is 11.2. The van der Waals surface area contributed by atoms with Crippen LogP contribution in [0.15, 0.2) is 29.2 Å². The first-order valence-electron chi connectivity index (χ1n) is 5.50. The average molecular weight is 264 g/mol. The Bertz CT molecular complexity index is 649. The van der Waals surface area contributed by atoms with Gasteiger partial charge in [-0.25, -0.2) is 9.97 Å². The van der Waals surface area contributed by atoms with Crippen LogP contribution in [0.1, 0.15) is 11.6 Å². The second-order valence-electron chi connectivity index (χ2n) is 3.76. The van der Waals surface area contributed by atoms with Crippen molar-refractivity contribution in [3.8, 4) is 0 Å². The van der Waals surface area contributed by atoms with Gasteiger partial charge < -0.3 is 9.09 Å². The molecule has 0 spiro atoms. The van der Waals surface area contributed by atoms with Gasteiger partial charge >= 0.3 is 0 Å². The van der Waals surface area contributed by atoms with E-state index in [2.05, 4.69) is 20.1 Å². The molecule has 3 aromatic rings. The van der Waals surface area contributed by atoms with Gasteiger partial charge in [-0.05, 0) is 12.1 Å². The van der Waals surface area contributed by atoms with Crippen LogP contribution in [-0.2, 0) is 18.8 Å². The predicted molar refractivity (Wildman–Crippen MR) is 65.1 cm³/mol. The van der Waals surface area contributed by atoms with E-state index in [1.807, 2.05) is 16.7 Å². The van der Waals surface area contributed by atoms with Crippen LogP contribution in [0.5, 0.6) is 0 Å². The van der Waals surface area contributed by atoms with Gasteiger partial charge in [0, 0.05) is 19.2 Å². The fourth-order valence-electron chi connectivity index (χ4n) is 1.86. The van der Waals surface area contributed by atoms with Crippen molar-refractivity contribution in [2.24, 2.45) is 0 Å². The summed E-state index contributed by atoms with van der Waals surface area (Å²) >= 11 is 5.90. The molecule has 3 aromatic heterocycles. The van der Waals surface area contributed by atoms with Gasteiger partial charge in [0.1, 0.15) is 11.3 Å². The summed E-state index contributed by atoms with van der Waals surface area (Å²) in [4.78, 5) is 12.7. The molecule has 3 heterocycles. The van der Waals surface area contributed by atoms with Crippen LogP contribution in [-0.4, -0.2) is 24.7 Å². The van der Waals surface area contributed by atoms with Gasteiger partial charge in [0.25, 0.3) is 0 Å². The molecule has 0 bridgehead atoms. The summed E-state index contributed by atoms with van der Waals surface area (Å²) in [7, 11) is 0. The third-order valence-electron chi connectivity index (χ3n) is 2.67. The van der Waals surface area contributed by atoms with Gasteiger partial charge in [0.05, 0.1) is 5.88 Å². The summed E-state index contributed by atoms with van der Waals surface area (Å²) in [6.07, 6.45) is 3.72. The van der Waals surface area contributed by atoms with Crippen LogP contribution in [0.25, 0.3) is 11.2 Å². The monoisotopic (exact) mass is 263 g/mol. The summed E-state index contributed by atoms with van der Waals surface area (Å²) in [5.74, 6) is 1.81. The average Bonchev–Trinajstić information content (AvgIpc) is 3.03. The molecule has 0 aliphatic carbocycles. The number of nitrogens with zero attached hydrogens (tertiary/aromatic N) is 5. The number of alkyl halides is 1. The van der Waals surface area contributed by atoms with Crippen molar-refractivity contribution in [1.29, 1.82) is 0 Å². The van der Waals surface area contributed by atoms with Crippen LogP contribution in [0, 0.1) is 0 Å². The molecule has 0 fully saturated rings. The third kappa shape index (κ3) is 1.95. The Balaban J connectivity index is 1.94. The van der Waals surface area contributed by atoms with Crippen molar-refractivity contribution < 1.29 is 4.52 Å². The molecule has 6 nitrogen and oxygen atoms in total. The first kappa shape index (κ1) is 11.2. The molecule has 92 valence electrons. The van der Waals surface area contributed by atoms with Crippen molar-refractivity contribution in [3.63, 3.8) is 0 Å². The molecule has 0 amide bonds. The van der Waals surface area contributed by atoms with Gasteiger partial charge in [-0.3, -0.25) is 0 Å². The molecule has 0 aromatic carbocycles. The zero-order valence-corrected chi connectivity index (χ0v) is 10.2. The molecule has 0 aliphatic rings. The molecule has 0 unspecified atom stereocenters. The molecule has 0 N–H and O–H groups in total. The highest BCUT2D eigenvalue weighted by Gasteiger charge is 2.11. The summed E-state index contributed by atoms with van der Waals surface area (Å²) in [5.41, 5.74) is 1.68. The van der Waals surface area contributed by atoms with E-state index >= 15 is 0 Å². The Morgan fingerprint density at radius 1 is 1.33 bits per heavy atom. The topological polar surface area (TPSA) is 69.6 Å². The zero-order chi connectivity index (χ0) is 12.4. The highest BCUT2D eigenvalue weighted by molar-refractivity contribution is 6.16. The Hall–Kier alpha value is -1.95. The first-order chi connectivity index (χ1) is 8.88. The summed E-state index contributed by atoms with van der Waals surface area (Å²) in [6, 6.07) is 3.78. The molecule has 0 radical (unpaired) electrons. The SMILES string of the molecule is ClCc1nc2cccnc2n1CCc1ncon1. The van der Waals surface area contributed by atoms with E-state index in [0.717, 1.165) is 17.0 Å². The van der Waals surface area contributed by atoms with Crippen molar-refractivity contribution in [2.45, 2.75) is 18.8 Å². The minimum atomic E-state index is 0.350. The minimum absolute atomic E-state index is 0.350. The number of hydrogen-bond acceptors (Lipinski definition) is 5. The highest BCUT2D eigenvalue weighted by atomic mass is 35.5. The molecule has 0 aliphatic heterocycles. The predicted octanol–water partition coefficient (Wildman–Crippen LogP) is 1.80. The van der Waals surface area contributed by atoms with E-state index < -0.39 is 0 Å². The van der Waals surface area contributed by atoms with E-state index in [1.165, 1.54) is 6.39 Å². The lowest BCUT2D eigenvalue weighted by molar-refractivity contribution is 0.408. The minimum Gasteiger partial charge on any atom is -0.343 e. The molecular formula is C11H10ClN5O. The number of pyridine rings is 1. The highest BCUT2D eigenvalue weighted by Crippen LogP contribution is 2.15. The molecule has 7 heteroatoms. The van der Waals surface area contributed by atoms with Crippen LogP contribution in [0.4, 0.5) is 0 Å². The summed E-state index contributed by atoms with van der Waals surface area (Å²) < 4.78 is 6.69. The molecular weight excluding hydrogens is 254 g/mol.